The first-order valence-corrected chi connectivity index (χ1v) is 10.5. The molecule has 0 radical (unpaired) electrons. The predicted octanol–water partition coefficient (Wildman–Crippen LogP) is 6.88. The number of fused-ring (bicyclic) bond motifs is 2. The van der Waals surface area contributed by atoms with Crippen molar-refractivity contribution < 1.29 is 28.5 Å². The second-order valence-corrected chi connectivity index (χ2v) is 5.82. The van der Waals surface area contributed by atoms with Gasteiger partial charge >= 0.3 is 28.4 Å². The Labute approximate surface area is 176 Å². The minimum atomic E-state index is 0.585. The van der Waals surface area contributed by atoms with E-state index in [0.29, 0.717) is 6.61 Å². The van der Waals surface area contributed by atoms with Crippen molar-refractivity contribution in [1.82, 2.24) is 0 Å². The van der Waals surface area contributed by atoms with Crippen molar-refractivity contribution in [3.63, 3.8) is 0 Å². The van der Waals surface area contributed by atoms with Gasteiger partial charge in [0.15, 0.2) is 0 Å². The molecule has 1 nitrogen and oxygen atoms in total. The first-order valence-electron chi connectivity index (χ1n) is 8.48. The van der Waals surface area contributed by atoms with E-state index >= 15 is 0 Å². The third-order valence-electron chi connectivity index (χ3n) is 3.90. The minimum absolute atomic E-state index is 0.585. The molecule has 0 N–H and O–H groups in total. The average Bonchev–Trinajstić information content (AvgIpc) is 3.35. The van der Waals surface area contributed by atoms with Gasteiger partial charge in [-0.15, -0.1) is 57.9 Å². The van der Waals surface area contributed by atoms with Gasteiger partial charge in [-0.1, -0.05) is 23.3 Å². The van der Waals surface area contributed by atoms with Crippen molar-refractivity contribution in [3.05, 3.63) is 83.9 Å². The molecule has 0 saturated carbocycles. The maximum atomic E-state index is 4.69. The fourth-order valence-corrected chi connectivity index (χ4v) is 2.65. The van der Waals surface area contributed by atoms with E-state index in [1.54, 1.807) is 0 Å². The van der Waals surface area contributed by atoms with Crippen LogP contribution in [0.5, 0.6) is 0 Å². The first-order chi connectivity index (χ1) is 12.7. The molecule has 0 bridgehead atoms. The Morgan fingerprint density at radius 3 is 1.54 bits per heavy atom. The van der Waals surface area contributed by atoms with E-state index in [1.165, 1.54) is 56.9 Å². The van der Waals surface area contributed by atoms with Crippen LogP contribution in [0.15, 0.2) is 72.8 Å². The molecule has 0 amide bonds. The topological polar surface area (TPSA) is 9.23 Å². The van der Waals surface area contributed by atoms with Gasteiger partial charge in [0, 0.05) is 0 Å². The zero-order valence-electron chi connectivity index (χ0n) is 15.6. The molecule has 3 heteroatoms. The summed E-state index contributed by atoms with van der Waals surface area (Å²) in [6.07, 6.45) is 0. The van der Waals surface area contributed by atoms with Crippen LogP contribution in [0.1, 0.15) is 18.1 Å². The summed E-state index contributed by atoms with van der Waals surface area (Å²) in [5, 5.41) is 5.45. The van der Waals surface area contributed by atoms with Crippen molar-refractivity contribution in [2.45, 2.75) is 20.8 Å². The van der Waals surface area contributed by atoms with Crippen LogP contribution in [0.3, 0.4) is 0 Å². The Hall–Kier alpha value is -1.34. The number of rotatable bonds is 1. The van der Waals surface area contributed by atoms with Gasteiger partial charge in [0.05, 0.1) is 18.5 Å². The van der Waals surface area contributed by atoms with Crippen LogP contribution in [0.25, 0.3) is 21.5 Å². The fourth-order valence-electron chi connectivity index (χ4n) is 2.65. The van der Waals surface area contributed by atoms with Gasteiger partial charge in [-0.2, -0.15) is 24.3 Å². The van der Waals surface area contributed by atoms with Crippen molar-refractivity contribution in [2.24, 2.45) is 0 Å². The van der Waals surface area contributed by atoms with E-state index in [0.717, 1.165) is 0 Å². The van der Waals surface area contributed by atoms with Gasteiger partial charge in [-0.3, -0.25) is 4.29 Å². The summed E-state index contributed by atoms with van der Waals surface area (Å²) < 4.78 is 7.35. The molecule has 4 aromatic rings. The number of halogens is 1. The second-order valence-electron chi connectivity index (χ2n) is 5.60. The molecule has 0 aromatic heterocycles. The van der Waals surface area contributed by atoms with Crippen LogP contribution < -0.4 is 0 Å². The maximum absolute atomic E-state index is 4.69. The van der Waals surface area contributed by atoms with Crippen LogP contribution >= 0.6 is 11.9 Å². The van der Waals surface area contributed by atoms with E-state index < -0.39 is 0 Å². The van der Waals surface area contributed by atoms with Gasteiger partial charge < -0.3 is 0 Å². The quantitative estimate of drug-likeness (QED) is 0.291. The summed E-state index contributed by atoms with van der Waals surface area (Å²) in [6, 6.07) is 25.5. The Morgan fingerprint density at radius 2 is 1.23 bits per heavy atom. The number of hydrogen-bond acceptors (Lipinski definition) is 1. The van der Waals surface area contributed by atoms with Crippen molar-refractivity contribution in [2.75, 3.05) is 6.61 Å². The molecule has 0 fully saturated rings. The van der Waals surface area contributed by atoms with Gasteiger partial charge in [0.25, 0.3) is 0 Å². The van der Waals surface area contributed by atoms with Crippen LogP contribution in [-0.4, -0.2) is 10.8 Å². The van der Waals surface area contributed by atoms with Crippen LogP contribution in [0.4, 0.5) is 0 Å². The Balaban J connectivity index is 0.000000202. The third kappa shape index (κ3) is 6.76. The normalized spacial score (nSPS) is 9.46. The van der Waals surface area contributed by atoms with E-state index in [1.807, 2.05) is 6.92 Å². The van der Waals surface area contributed by atoms with Crippen LogP contribution in [0, 0.1) is 13.8 Å². The van der Waals surface area contributed by atoms with E-state index in [-0.39, 0.29) is 0 Å². The van der Waals surface area contributed by atoms with Gasteiger partial charge in [0.2, 0.25) is 0 Å². The summed E-state index contributed by atoms with van der Waals surface area (Å²) in [6.45, 7) is 6.69. The molecule has 0 heterocycles. The van der Waals surface area contributed by atoms with E-state index in [2.05, 4.69) is 107 Å². The Kier molecular flexibility index (Phi) is 11.3. The predicted molar refractivity (Wildman–Crippen MR) is 113 cm³/mol. The monoisotopic (exact) mass is 442 g/mol. The standard InChI is InChI=1S/2C10H9.C2H5ClO.CH2.Zr/c2*1-8-4-2-5-9-6-3-7-10(8)9;1-2-4-3;;/h2*2-7H,1H3;2H2,1H3;1H2;/q2*-1;;;+2. The molecule has 4 aromatic carbocycles. The molecular weight excluding hydrogens is 419 g/mol. The van der Waals surface area contributed by atoms with Gasteiger partial charge in [-0.05, 0) is 20.8 Å². The van der Waals surface area contributed by atoms with E-state index in [4.69, 9.17) is 0 Å². The summed E-state index contributed by atoms with van der Waals surface area (Å²) >= 11 is 5.99. The molecular formula is C23H25ClOZr. The fraction of sp³-hybridized carbons (Fsp3) is 0.174. The molecule has 0 aliphatic rings. The molecule has 0 saturated heterocycles. The van der Waals surface area contributed by atoms with Gasteiger partial charge in [-0.25, -0.2) is 0 Å². The summed E-state index contributed by atoms with van der Waals surface area (Å²) in [5.41, 5.74) is 2.73. The Morgan fingerprint density at radius 1 is 0.846 bits per heavy atom. The third-order valence-corrected chi connectivity index (χ3v) is 4.12. The number of benzene rings is 2. The van der Waals surface area contributed by atoms with Crippen LogP contribution in [0.2, 0.25) is 0 Å². The molecule has 0 unspecified atom stereocenters. The first kappa shape index (κ1) is 22.7. The molecule has 0 spiro atoms. The second kappa shape index (κ2) is 12.9. The van der Waals surface area contributed by atoms with Gasteiger partial charge in [0.1, 0.15) is 0 Å². The molecule has 26 heavy (non-hydrogen) atoms. The number of aryl methyl sites for hydroxylation is 2. The average molecular weight is 444 g/mol. The summed E-state index contributed by atoms with van der Waals surface area (Å²) in [4.78, 5) is 0. The van der Waals surface area contributed by atoms with Crippen LogP contribution in [-0.2, 0) is 28.5 Å². The summed E-state index contributed by atoms with van der Waals surface area (Å²) in [7, 11) is 0. The molecule has 0 aliphatic carbocycles. The molecule has 4 rings (SSSR count). The van der Waals surface area contributed by atoms with Crippen molar-refractivity contribution >= 4 is 37.6 Å². The Bertz CT molecular complexity index is 817. The van der Waals surface area contributed by atoms with Crippen molar-refractivity contribution in [3.8, 4) is 0 Å². The zero-order valence-corrected chi connectivity index (χ0v) is 18.8. The molecule has 0 aliphatic heterocycles. The number of hydrogen-bond donors (Lipinski definition) is 0. The summed E-state index contributed by atoms with van der Waals surface area (Å²) in [5.74, 6) is 0. The SMILES string of the molecule is CCOCl.Cc1cccc2[cH-]ccc12.Cc1cccc2[cH-]ccc12.[CH2]=[Zr+2]. The molecule has 0 atom stereocenters. The van der Waals surface area contributed by atoms with E-state index in [9.17, 15) is 0 Å². The van der Waals surface area contributed by atoms with Crippen molar-refractivity contribution in [1.29, 1.82) is 0 Å². The molecule has 134 valence electrons. The zero-order chi connectivity index (χ0) is 19.4.